The summed E-state index contributed by atoms with van der Waals surface area (Å²) in [5, 5.41) is 14.0. The van der Waals surface area contributed by atoms with Gasteiger partial charge in [-0.25, -0.2) is 14.2 Å². The summed E-state index contributed by atoms with van der Waals surface area (Å²) in [4.78, 5) is 23.4. The molecule has 0 aliphatic carbocycles. The van der Waals surface area contributed by atoms with Crippen LogP contribution in [-0.4, -0.2) is 57.3 Å². The molecule has 1 fully saturated rings. The van der Waals surface area contributed by atoms with E-state index >= 15 is 0 Å². The number of aryl methyl sites for hydroxylation is 1. The minimum atomic E-state index is -0.381. The minimum Gasteiger partial charge on any atom is -0.333 e. The lowest BCUT2D eigenvalue weighted by Crippen LogP contribution is -2.42. The number of pyridine rings is 2. The average Bonchev–Trinajstić information content (AvgIpc) is 3.37. The van der Waals surface area contributed by atoms with E-state index in [0.29, 0.717) is 24.5 Å². The molecule has 33 heavy (non-hydrogen) atoms. The van der Waals surface area contributed by atoms with Crippen LogP contribution in [0.2, 0.25) is 0 Å². The molecule has 0 radical (unpaired) electrons. The maximum Gasteiger partial charge on any atom is 0.320 e. The van der Waals surface area contributed by atoms with E-state index < -0.39 is 0 Å². The number of carbonyl (C=O) groups is 1. The number of urea groups is 1. The first-order valence-corrected chi connectivity index (χ1v) is 10.8. The predicted molar refractivity (Wildman–Crippen MR) is 124 cm³/mol. The number of nitrogens with one attached hydrogen (secondary N) is 3. The fourth-order valence-corrected chi connectivity index (χ4v) is 4.45. The molecule has 1 aromatic carbocycles. The van der Waals surface area contributed by atoms with Crippen molar-refractivity contribution in [3.63, 3.8) is 0 Å². The van der Waals surface area contributed by atoms with Crippen LogP contribution in [0.1, 0.15) is 17.2 Å². The number of nitrogens with zero attached hydrogens (tertiary/aromatic N) is 4. The molecule has 168 valence electrons. The van der Waals surface area contributed by atoms with E-state index in [0.717, 1.165) is 27.9 Å². The van der Waals surface area contributed by atoms with Gasteiger partial charge < -0.3 is 10.2 Å². The molecule has 0 unspecified atom stereocenters. The number of amides is 2. The van der Waals surface area contributed by atoms with Crippen LogP contribution < -0.4 is 10.6 Å². The molecule has 3 aromatic heterocycles. The van der Waals surface area contributed by atoms with Crippen molar-refractivity contribution in [1.29, 1.82) is 0 Å². The highest BCUT2D eigenvalue weighted by Crippen LogP contribution is 2.29. The van der Waals surface area contributed by atoms with E-state index in [-0.39, 0.29) is 23.8 Å². The number of rotatable bonds is 4. The molecule has 0 spiro atoms. The lowest BCUT2D eigenvalue weighted by molar-refractivity contribution is 0.247. The first kappa shape index (κ1) is 21.0. The van der Waals surface area contributed by atoms with Gasteiger partial charge in [-0.15, -0.1) is 0 Å². The summed E-state index contributed by atoms with van der Waals surface area (Å²) < 4.78 is 14.4. The Morgan fingerprint density at radius 3 is 2.85 bits per heavy atom. The molecular formula is C24H24FN7O. The first-order chi connectivity index (χ1) is 16.0. The number of aromatic nitrogens is 4. The van der Waals surface area contributed by atoms with Crippen LogP contribution in [0.15, 0.2) is 54.9 Å². The molecule has 4 aromatic rings. The zero-order chi connectivity index (χ0) is 22.9. The second kappa shape index (κ2) is 8.59. The maximum atomic E-state index is 14.4. The Morgan fingerprint density at radius 2 is 2.03 bits per heavy atom. The van der Waals surface area contributed by atoms with Crippen molar-refractivity contribution in [3.8, 4) is 11.3 Å². The molecule has 0 saturated carbocycles. The third-order valence-corrected chi connectivity index (χ3v) is 5.98. The monoisotopic (exact) mass is 445 g/mol. The number of likely N-dealkylation sites (N-methyl/N-ethyl adjacent to an activating group) is 1. The molecule has 9 heteroatoms. The average molecular weight is 446 g/mol. The summed E-state index contributed by atoms with van der Waals surface area (Å²) in [6, 6.07) is 11.7. The van der Waals surface area contributed by atoms with Crippen LogP contribution in [0.3, 0.4) is 0 Å². The molecule has 2 amide bonds. The number of halogens is 1. The zero-order valence-electron chi connectivity index (χ0n) is 18.3. The standard InChI is InChI=1S/C24H24FN7O/c1-14-9-15(7-8-26-14)23-17-11-27-22(10-20(17)30-31-23)29-24(33)28-21-13-32(2)12-18(21)16-5-3-4-6-19(16)25/h3-11,18,21H,12-13H2,1-2H3,(H,30,31)(H2,27,28,29,33)/t18-,21+/m0/s1. The summed E-state index contributed by atoms with van der Waals surface area (Å²) in [5.41, 5.74) is 4.00. The minimum absolute atomic E-state index is 0.128. The summed E-state index contributed by atoms with van der Waals surface area (Å²) in [6.07, 6.45) is 3.43. The summed E-state index contributed by atoms with van der Waals surface area (Å²) in [5.74, 6) is 0.0165. The molecule has 2 atom stereocenters. The van der Waals surface area contributed by atoms with Crippen molar-refractivity contribution in [3.05, 3.63) is 71.9 Å². The third-order valence-electron chi connectivity index (χ3n) is 5.98. The van der Waals surface area contributed by atoms with Gasteiger partial charge in [-0.3, -0.25) is 15.4 Å². The van der Waals surface area contributed by atoms with Crippen LogP contribution in [0.25, 0.3) is 22.2 Å². The number of hydrogen-bond donors (Lipinski definition) is 3. The Balaban J connectivity index is 1.31. The zero-order valence-corrected chi connectivity index (χ0v) is 18.3. The number of carbonyl (C=O) groups excluding carboxylic acids is 1. The molecule has 1 aliphatic heterocycles. The van der Waals surface area contributed by atoms with Gasteiger partial charge in [0, 0.05) is 54.1 Å². The van der Waals surface area contributed by atoms with E-state index in [2.05, 4.69) is 35.7 Å². The largest absolute Gasteiger partial charge is 0.333 e. The van der Waals surface area contributed by atoms with Gasteiger partial charge in [0.25, 0.3) is 0 Å². The van der Waals surface area contributed by atoms with Crippen molar-refractivity contribution in [2.24, 2.45) is 0 Å². The quantitative estimate of drug-likeness (QED) is 0.445. The van der Waals surface area contributed by atoms with Crippen LogP contribution in [0.4, 0.5) is 15.0 Å². The highest BCUT2D eigenvalue weighted by Gasteiger charge is 2.34. The van der Waals surface area contributed by atoms with Gasteiger partial charge in [0.05, 0.1) is 11.6 Å². The van der Waals surface area contributed by atoms with Crippen molar-refractivity contribution >= 4 is 22.8 Å². The van der Waals surface area contributed by atoms with Crippen molar-refractivity contribution in [1.82, 2.24) is 30.4 Å². The number of aromatic amines is 1. The van der Waals surface area contributed by atoms with Gasteiger partial charge in [0.1, 0.15) is 17.3 Å². The van der Waals surface area contributed by atoms with Gasteiger partial charge in [0.2, 0.25) is 0 Å². The van der Waals surface area contributed by atoms with Crippen LogP contribution in [0.5, 0.6) is 0 Å². The van der Waals surface area contributed by atoms with Gasteiger partial charge in [0.15, 0.2) is 0 Å². The van der Waals surface area contributed by atoms with E-state index in [1.54, 1.807) is 30.6 Å². The fourth-order valence-electron chi connectivity index (χ4n) is 4.45. The Hall–Kier alpha value is -3.85. The Labute approximate surface area is 190 Å². The number of benzene rings is 1. The number of hydrogen-bond acceptors (Lipinski definition) is 5. The molecule has 1 saturated heterocycles. The second-order valence-corrected chi connectivity index (χ2v) is 8.43. The Kier molecular flexibility index (Phi) is 5.47. The van der Waals surface area contributed by atoms with Crippen molar-refractivity contribution < 1.29 is 9.18 Å². The van der Waals surface area contributed by atoms with Crippen LogP contribution >= 0.6 is 0 Å². The molecule has 1 aliphatic rings. The summed E-state index contributed by atoms with van der Waals surface area (Å²) in [7, 11) is 1.96. The highest BCUT2D eigenvalue weighted by atomic mass is 19.1. The summed E-state index contributed by atoms with van der Waals surface area (Å²) >= 11 is 0. The first-order valence-electron chi connectivity index (χ1n) is 10.8. The fraction of sp³-hybridized carbons (Fsp3) is 0.250. The number of anilines is 1. The van der Waals surface area contributed by atoms with Crippen molar-refractivity contribution in [2.45, 2.75) is 18.9 Å². The molecule has 0 bridgehead atoms. The van der Waals surface area contributed by atoms with Gasteiger partial charge >= 0.3 is 6.03 Å². The van der Waals surface area contributed by atoms with Crippen LogP contribution in [-0.2, 0) is 0 Å². The molecule has 8 nitrogen and oxygen atoms in total. The van der Waals surface area contributed by atoms with E-state index in [1.807, 2.05) is 32.2 Å². The molecular weight excluding hydrogens is 421 g/mol. The normalized spacial score (nSPS) is 18.5. The van der Waals surface area contributed by atoms with Crippen LogP contribution in [0, 0.1) is 12.7 Å². The van der Waals surface area contributed by atoms with Gasteiger partial charge in [-0.2, -0.15) is 5.10 Å². The van der Waals surface area contributed by atoms with E-state index in [9.17, 15) is 9.18 Å². The Bertz CT molecular complexity index is 1320. The maximum absolute atomic E-state index is 14.4. The lowest BCUT2D eigenvalue weighted by Gasteiger charge is -2.21. The number of fused-ring (bicyclic) bond motifs is 1. The second-order valence-electron chi connectivity index (χ2n) is 8.43. The van der Waals surface area contributed by atoms with Gasteiger partial charge in [-0.05, 0) is 37.7 Å². The molecule has 3 N–H and O–H groups in total. The smallest absolute Gasteiger partial charge is 0.320 e. The SMILES string of the molecule is Cc1cc(-c2n[nH]c3cc(NC(=O)N[C@@H]4CN(C)C[C@H]4c4ccccc4F)ncc23)ccn1. The Morgan fingerprint density at radius 1 is 1.18 bits per heavy atom. The van der Waals surface area contributed by atoms with Crippen molar-refractivity contribution in [2.75, 3.05) is 25.5 Å². The highest BCUT2D eigenvalue weighted by molar-refractivity contribution is 5.95. The topological polar surface area (TPSA) is 98.8 Å². The third kappa shape index (κ3) is 4.27. The van der Waals surface area contributed by atoms with E-state index in [4.69, 9.17) is 0 Å². The molecule has 5 rings (SSSR count). The van der Waals surface area contributed by atoms with Gasteiger partial charge in [-0.1, -0.05) is 18.2 Å². The number of H-pyrrole nitrogens is 1. The lowest BCUT2D eigenvalue weighted by atomic mass is 9.94. The summed E-state index contributed by atoms with van der Waals surface area (Å²) in [6.45, 7) is 3.23. The van der Waals surface area contributed by atoms with E-state index in [1.165, 1.54) is 6.07 Å². The number of likely N-dealkylation sites (tertiary alicyclic amines) is 1. The predicted octanol–water partition coefficient (Wildman–Crippen LogP) is 3.69. The molecule has 4 heterocycles.